The van der Waals surface area contributed by atoms with E-state index in [1.807, 2.05) is 0 Å². The van der Waals surface area contributed by atoms with Crippen LogP contribution in [0.5, 0.6) is 0 Å². The summed E-state index contributed by atoms with van der Waals surface area (Å²) in [5, 5.41) is 0.402. The van der Waals surface area contributed by atoms with Gasteiger partial charge in [0, 0.05) is 24.2 Å². The first-order valence-electron chi connectivity index (χ1n) is 7.10. The van der Waals surface area contributed by atoms with Gasteiger partial charge in [-0.3, -0.25) is 4.79 Å². The molecule has 22 heavy (non-hydrogen) atoms. The lowest BCUT2D eigenvalue weighted by molar-refractivity contribution is -0.139. The van der Waals surface area contributed by atoms with Gasteiger partial charge in [0.25, 0.3) is 0 Å². The Kier molecular flexibility index (Phi) is 4.14. The van der Waals surface area contributed by atoms with Gasteiger partial charge in [0.2, 0.25) is 15.9 Å². The van der Waals surface area contributed by atoms with Crippen LogP contribution in [0.25, 0.3) is 0 Å². The number of hydrogen-bond acceptors (Lipinski definition) is 3. The second kappa shape index (κ2) is 5.67. The third kappa shape index (κ3) is 2.52. The Balaban J connectivity index is 2.01. The highest BCUT2D eigenvalue weighted by Gasteiger charge is 2.45. The van der Waals surface area contributed by atoms with Crippen molar-refractivity contribution >= 4 is 39.1 Å². The minimum atomic E-state index is -3.87. The van der Waals surface area contributed by atoms with Crippen LogP contribution in [0.15, 0.2) is 23.1 Å². The van der Waals surface area contributed by atoms with Crippen molar-refractivity contribution in [1.29, 1.82) is 0 Å². The Morgan fingerprint density at radius 1 is 1.27 bits per heavy atom. The Bertz CT molecular complexity index is 723. The molecule has 0 unspecified atom stereocenters. The molecule has 0 aliphatic carbocycles. The van der Waals surface area contributed by atoms with E-state index in [0.717, 1.165) is 12.8 Å². The maximum Gasteiger partial charge on any atom is 0.245 e. The van der Waals surface area contributed by atoms with Gasteiger partial charge in [-0.1, -0.05) is 23.2 Å². The zero-order valence-electron chi connectivity index (χ0n) is 12.0. The smallest absolute Gasteiger partial charge is 0.245 e. The van der Waals surface area contributed by atoms with Crippen LogP contribution < -0.4 is 0 Å². The van der Waals surface area contributed by atoms with Gasteiger partial charge in [0.1, 0.15) is 10.9 Å². The number of nitrogens with zero attached hydrogens (tertiary/aromatic N) is 2. The number of carbonyl (C=O) groups excluding carboxylic acids is 1. The first kappa shape index (κ1) is 16.1. The molecular weight excluding hydrogens is 347 g/mol. The van der Waals surface area contributed by atoms with Crippen molar-refractivity contribution in [3.8, 4) is 0 Å². The fourth-order valence-corrected chi connectivity index (χ4v) is 5.52. The lowest BCUT2D eigenvalue weighted by Gasteiger charge is -2.40. The summed E-state index contributed by atoms with van der Waals surface area (Å²) in [4.78, 5) is 14.1. The predicted molar refractivity (Wildman–Crippen MR) is 84.6 cm³/mol. The largest absolute Gasteiger partial charge is 0.337 e. The number of halogens is 2. The fourth-order valence-electron chi connectivity index (χ4n) is 3.15. The Labute approximate surface area is 139 Å². The lowest BCUT2D eigenvalue weighted by atomic mass is 10.1. The number of amides is 1. The molecule has 0 aromatic heterocycles. The molecule has 2 fully saturated rings. The molecule has 120 valence electrons. The molecule has 8 heteroatoms. The standard InChI is InChI=1S/C14H16Cl2N2O3S/c1-9-14(19)17-6-2-3-11(17)8-18(9)22(20,21)13-7-10(15)4-5-12(13)16/h4-5,7,9,11H,2-3,6,8H2,1H3/t9-,11+/m1/s1. The van der Waals surface area contributed by atoms with E-state index in [2.05, 4.69) is 0 Å². The van der Waals surface area contributed by atoms with E-state index in [9.17, 15) is 13.2 Å². The van der Waals surface area contributed by atoms with Crippen LogP contribution in [0.1, 0.15) is 19.8 Å². The highest BCUT2D eigenvalue weighted by molar-refractivity contribution is 7.89. The SMILES string of the molecule is C[C@@H]1C(=O)N2CCC[C@H]2CN1S(=O)(=O)c1cc(Cl)ccc1Cl. The average Bonchev–Trinajstić information content (AvgIpc) is 2.93. The second-order valence-electron chi connectivity index (χ2n) is 5.65. The predicted octanol–water partition coefficient (Wildman–Crippen LogP) is 2.38. The number of piperazine rings is 1. The number of sulfonamides is 1. The molecule has 1 aromatic rings. The molecule has 0 N–H and O–H groups in total. The highest BCUT2D eigenvalue weighted by Crippen LogP contribution is 2.33. The normalized spacial score (nSPS) is 26.3. The van der Waals surface area contributed by atoms with E-state index in [1.165, 1.54) is 22.5 Å². The van der Waals surface area contributed by atoms with Crippen molar-refractivity contribution in [1.82, 2.24) is 9.21 Å². The summed E-state index contributed by atoms with van der Waals surface area (Å²) in [7, 11) is -3.87. The third-order valence-corrected chi connectivity index (χ3v) is 6.97. The van der Waals surface area contributed by atoms with Crippen LogP contribution in [-0.2, 0) is 14.8 Å². The Morgan fingerprint density at radius 2 is 2.00 bits per heavy atom. The molecule has 3 rings (SSSR count). The molecule has 0 radical (unpaired) electrons. The molecule has 1 aromatic carbocycles. The molecular formula is C14H16Cl2N2O3S. The van der Waals surface area contributed by atoms with Crippen molar-refractivity contribution < 1.29 is 13.2 Å². The molecule has 1 amide bonds. The van der Waals surface area contributed by atoms with Crippen LogP contribution in [0.2, 0.25) is 10.0 Å². The van der Waals surface area contributed by atoms with Gasteiger partial charge >= 0.3 is 0 Å². The zero-order chi connectivity index (χ0) is 16.1. The first-order valence-corrected chi connectivity index (χ1v) is 9.29. The summed E-state index contributed by atoms with van der Waals surface area (Å²) in [5.41, 5.74) is 0. The van der Waals surface area contributed by atoms with E-state index in [0.29, 0.717) is 18.1 Å². The van der Waals surface area contributed by atoms with Gasteiger partial charge in [-0.15, -0.1) is 0 Å². The van der Waals surface area contributed by atoms with E-state index in [-0.39, 0.29) is 21.9 Å². The van der Waals surface area contributed by atoms with Crippen molar-refractivity contribution in [2.24, 2.45) is 0 Å². The fraction of sp³-hybridized carbons (Fsp3) is 0.500. The summed E-state index contributed by atoms with van der Waals surface area (Å²) in [5.74, 6) is -0.143. The maximum absolute atomic E-state index is 12.9. The van der Waals surface area contributed by atoms with Crippen molar-refractivity contribution in [3.05, 3.63) is 28.2 Å². The van der Waals surface area contributed by atoms with Gasteiger partial charge in [0.05, 0.1) is 5.02 Å². The number of carbonyl (C=O) groups is 1. The van der Waals surface area contributed by atoms with Gasteiger partial charge in [-0.05, 0) is 38.0 Å². The van der Waals surface area contributed by atoms with Crippen molar-refractivity contribution in [3.63, 3.8) is 0 Å². The summed E-state index contributed by atoms with van der Waals surface area (Å²) >= 11 is 11.9. The number of rotatable bonds is 2. The molecule has 2 aliphatic heterocycles. The van der Waals surface area contributed by atoms with E-state index in [1.54, 1.807) is 11.8 Å². The van der Waals surface area contributed by atoms with Crippen LogP contribution in [0.3, 0.4) is 0 Å². The topological polar surface area (TPSA) is 57.7 Å². The molecule has 2 heterocycles. The number of fused-ring (bicyclic) bond motifs is 1. The summed E-state index contributed by atoms with van der Waals surface area (Å²) in [6.07, 6.45) is 1.74. The first-order chi connectivity index (χ1) is 10.3. The Morgan fingerprint density at radius 3 is 2.73 bits per heavy atom. The van der Waals surface area contributed by atoms with Crippen LogP contribution >= 0.6 is 23.2 Å². The lowest BCUT2D eigenvalue weighted by Crippen LogP contribution is -2.59. The van der Waals surface area contributed by atoms with Gasteiger partial charge in [-0.2, -0.15) is 4.31 Å². The van der Waals surface area contributed by atoms with Crippen molar-refractivity contribution in [2.45, 2.75) is 36.7 Å². The highest BCUT2D eigenvalue weighted by atomic mass is 35.5. The molecule has 0 spiro atoms. The van der Waals surface area contributed by atoms with Crippen LogP contribution in [0.4, 0.5) is 0 Å². The van der Waals surface area contributed by atoms with Gasteiger partial charge in [0.15, 0.2) is 0 Å². The minimum absolute atomic E-state index is 0.0450. The maximum atomic E-state index is 12.9. The molecule has 0 saturated carbocycles. The monoisotopic (exact) mass is 362 g/mol. The minimum Gasteiger partial charge on any atom is -0.337 e. The molecule has 2 saturated heterocycles. The van der Waals surface area contributed by atoms with Crippen LogP contribution in [0, 0.1) is 0 Å². The molecule has 2 atom stereocenters. The Hall–Kier alpha value is -0.820. The van der Waals surface area contributed by atoms with E-state index >= 15 is 0 Å². The molecule has 5 nitrogen and oxygen atoms in total. The van der Waals surface area contributed by atoms with Gasteiger partial charge in [-0.25, -0.2) is 8.42 Å². The quantitative estimate of drug-likeness (QED) is 0.811. The molecule has 0 bridgehead atoms. The summed E-state index contributed by atoms with van der Waals surface area (Å²) in [6, 6.07) is 3.55. The summed E-state index contributed by atoms with van der Waals surface area (Å²) in [6.45, 7) is 2.63. The van der Waals surface area contributed by atoms with Crippen molar-refractivity contribution in [2.75, 3.05) is 13.1 Å². The molecule has 2 aliphatic rings. The third-order valence-electron chi connectivity index (χ3n) is 4.32. The number of benzene rings is 1. The average molecular weight is 363 g/mol. The number of hydrogen-bond donors (Lipinski definition) is 0. The zero-order valence-corrected chi connectivity index (χ0v) is 14.3. The van der Waals surface area contributed by atoms with E-state index < -0.39 is 16.1 Å². The second-order valence-corrected chi connectivity index (χ2v) is 8.36. The van der Waals surface area contributed by atoms with Crippen LogP contribution in [-0.4, -0.2) is 48.7 Å². The van der Waals surface area contributed by atoms with Gasteiger partial charge < -0.3 is 4.90 Å². The van der Waals surface area contributed by atoms with E-state index in [4.69, 9.17) is 23.2 Å². The summed E-state index contributed by atoms with van der Waals surface area (Å²) < 4.78 is 27.1.